The highest BCUT2D eigenvalue weighted by atomic mass is 16.2. The number of carbonyl (C=O) groups is 2. The molecule has 13 heavy (non-hydrogen) atoms. The van der Waals surface area contributed by atoms with Crippen LogP contribution in [0.1, 0.15) is 5.69 Å². The molecule has 0 aliphatic carbocycles. The Hall–Kier alpha value is -1.85. The van der Waals surface area contributed by atoms with Gasteiger partial charge in [-0.3, -0.25) is 14.3 Å². The topological polar surface area (TPSA) is 90.0 Å². The van der Waals surface area contributed by atoms with Crippen LogP contribution in [0, 0.1) is 6.92 Å². The molecular weight excluding hydrogens is 172 g/mol. The van der Waals surface area contributed by atoms with Crippen LogP contribution in [0.4, 0.5) is 5.82 Å². The van der Waals surface area contributed by atoms with Gasteiger partial charge in [0.05, 0.1) is 5.69 Å². The first kappa shape index (κ1) is 9.24. The van der Waals surface area contributed by atoms with E-state index in [4.69, 9.17) is 5.73 Å². The summed E-state index contributed by atoms with van der Waals surface area (Å²) in [6.07, 6.45) is 0. The van der Waals surface area contributed by atoms with Gasteiger partial charge in [-0.15, -0.1) is 0 Å². The van der Waals surface area contributed by atoms with E-state index in [0.717, 1.165) is 5.69 Å². The standard InChI is InChI=1S/C7H10N4O2/c1-4-3-5(11(2)10-4)9-7(13)6(8)12/h3H,1-2H3,(H2,8,12)(H,9,13). The molecule has 1 heterocycles. The van der Waals surface area contributed by atoms with Crippen LogP contribution in [0.25, 0.3) is 0 Å². The highest BCUT2D eigenvalue weighted by Crippen LogP contribution is 2.06. The van der Waals surface area contributed by atoms with E-state index in [1.54, 1.807) is 20.0 Å². The molecule has 0 saturated carbocycles. The first-order valence-electron chi connectivity index (χ1n) is 3.62. The molecular formula is C7H10N4O2. The minimum atomic E-state index is -1.01. The van der Waals surface area contributed by atoms with Crippen molar-refractivity contribution in [3.05, 3.63) is 11.8 Å². The summed E-state index contributed by atoms with van der Waals surface area (Å²) in [6, 6.07) is 1.64. The molecule has 0 atom stereocenters. The number of nitrogens with zero attached hydrogens (tertiary/aromatic N) is 2. The van der Waals surface area contributed by atoms with Gasteiger partial charge in [-0.25, -0.2) is 0 Å². The van der Waals surface area contributed by atoms with Gasteiger partial charge in [0.1, 0.15) is 5.82 Å². The number of hydrogen-bond acceptors (Lipinski definition) is 3. The van der Waals surface area contributed by atoms with Crippen molar-refractivity contribution in [1.29, 1.82) is 0 Å². The molecule has 0 radical (unpaired) electrons. The number of aromatic nitrogens is 2. The molecule has 2 amide bonds. The lowest BCUT2D eigenvalue weighted by Gasteiger charge is -2.00. The number of nitrogens with two attached hydrogens (primary N) is 1. The Morgan fingerprint density at radius 1 is 1.62 bits per heavy atom. The predicted octanol–water partition coefficient (Wildman–Crippen LogP) is -0.848. The van der Waals surface area contributed by atoms with E-state index in [1.807, 2.05) is 0 Å². The Balaban J connectivity index is 2.80. The fraction of sp³-hybridized carbons (Fsp3) is 0.286. The van der Waals surface area contributed by atoms with Gasteiger partial charge < -0.3 is 11.1 Å². The van der Waals surface area contributed by atoms with Crippen molar-refractivity contribution in [2.24, 2.45) is 12.8 Å². The SMILES string of the molecule is Cc1cc(NC(=O)C(N)=O)n(C)n1. The Labute approximate surface area is 74.7 Å². The molecule has 1 rings (SSSR count). The molecule has 0 bridgehead atoms. The van der Waals surface area contributed by atoms with Crippen LogP contribution in [0.15, 0.2) is 6.07 Å². The van der Waals surface area contributed by atoms with Gasteiger partial charge in [0, 0.05) is 13.1 Å². The summed E-state index contributed by atoms with van der Waals surface area (Å²) in [5.41, 5.74) is 5.51. The maximum atomic E-state index is 10.8. The van der Waals surface area contributed by atoms with Crippen molar-refractivity contribution in [3.8, 4) is 0 Å². The predicted molar refractivity (Wildman–Crippen MR) is 45.8 cm³/mol. The summed E-state index contributed by atoms with van der Waals surface area (Å²) >= 11 is 0. The number of aryl methyl sites for hydroxylation is 2. The smallest absolute Gasteiger partial charge is 0.314 e. The fourth-order valence-electron chi connectivity index (χ4n) is 0.906. The first-order chi connectivity index (χ1) is 6.00. The molecule has 1 aromatic rings. The van der Waals surface area contributed by atoms with Crippen LogP contribution in [0.3, 0.4) is 0 Å². The van der Waals surface area contributed by atoms with Crippen LogP contribution in [0.5, 0.6) is 0 Å². The molecule has 6 nitrogen and oxygen atoms in total. The molecule has 70 valence electrons. The Bertz CT molecular complexity index is 355. The van der Waals surface area contributed by atoms with Gasteiger partial charge in [-0.1, -0.05) is 0 Å². The molecule has 0 aliphatic rings. The number of nitrogens with one attached hydrogen (secondary N) is 1. The quantitative estimate of drug-likeness (QED) is 0.554. The van der Waals surface area contributed by atoms with E-state index < -0.39 is 11.8 Å². The van der Waals surface area contributed by atoms with Crippen molar-refractivity contribution >= 4 is 17.6 Å². The van der Waals surface area contributed by atoms with Gasteiger partial charge in [0.25, 0.3) is 0 Å². The average Bonchev–Trinajstić information content (AvgIpc) is 2.30. The van der Waals surface area contributed by atoms with E-state index in [-0.39, 0.29) is 0 Å². The van der Waals surface area contributed by atoms with Gasteiger partial charge in [-0.2, -0.15) is 5.10 Å². The van der Waals surface area contributed by atoms with Crippen molar-refractivity contribution < 1.29 is 9.59 Å². The van der Waals surface area contributed by atoms with E-state index in [9.17, 15) is 9.59 Å². The van der Waals surface area contributed by atoms with Gasteiger partial charge >= 0.3 is 11.8 Å². The van der Waals surface area contributed by atoms with Gasteiger partial charge in [0.15, 0.2) is 0 Å². The third-order valence-corrected chi connectivity index (χ3v) is 1.47. The second-order valence-electron chi connectivity index (χ2n) is 2.61. The van der Waals surface area contributed by atoms with Crippen LogP contribution < -0.4 is 11.1 Å². The summed E-state index contributed by atoms with van der Waals surface area (Å²) in [4.78, 5) is 21.2. The van der Waals surface area contributed by atoms with Crippen LogP contribution in [-0.4, -0.2) is 21.6 Å². The molecule has 0 fully saturated rings. The summed E-state index contributed by atoms with van der Waals surface area (Å²) < 4.78 is 1.45. The van der Waals surface area contributed by atoms with Crippen LogP contribution in [0.2, 0.25) is 0 Å². The second kappa shape index (κ2) is 3.26. The molecule has 0 aliphatic heterocycles. The monoisotopic (exact) mass is 182 g/mol. The van der Waals surface area contributed by atoms with E-state index in [0.29, 0.717) is 5.82 Å². The minimum Gasteiger partial charge on any atom is -0.361 e. The van der Waals surface area contributed by atoms with Gasteiger partial charge in [-0.05, 0) is 6.92 Å². The molecule has 0 saturated heterocycles. The van der Waals surface area contributed by atoms with Crippen molar-refractivity contribution in [3.63, 3.8) is 0 Å². The number of rotatable bonds is 1. The summed E-state index contributed by atoms with van der Waals surface area (Å²) in [5, 5.41) is 6.29. The molecule has 0 spiro atoms. The zero-order valence-corrected chi connectivity index (χ0v) is 7.37. The number of anilines is 1. The Morgan fingerprint density at radius 2 is 2.23 bits per heavy atom. The molecule has 3 N–H and O–H groups in total. The third kappa shape index (κ3) is 2.05. The van der Waals surface area contributed by atoms with Crippen molar-refractivity contribution in [2.45, 2.75) is 6.92 Å². The number of amides is 2. The fourth-order valence-corrected chi connectivity index (χ4v) is 0.906. The lowest BCUT2D eigenvalue weighted by Crippen LogP contribution is -2.30. The second-order valence-corrected chi connectivity index (χ2v) is 2.61. The van der Waals surface area contributed by atoms with Crippen molar-refractivity contribution in [1.82, 2.24) is 9.78 Å². The normalized spacial score (nSPS) is 9.69. The zero-order valence-electron chi connectivity index (χ0n) is 7.37. The highest BCUT2D eigenvalue weighted by Gasteiger charge is 2.11. The third-order valence-electron chi connectivity index (χ3n) is 1.47. The molecule has 6 heteroatoms. The van der Waals surface area contributed by atoms with E-state index in [1.165, 1.54) is 4.68 Å². The number of carbonyl (C=O) groups excluding carboxylic acids is 2. The summed E-state index contributed by atoms with van der Waals surface area (Å²) in [5.74, 6) is -1.41. The molecule has 0 unspecified atom stereocenters. The van der Waals surface area contributed by atoms with E-state index in [2.05, 4.69) is 10.4 Å². The Morgan fingerprint density at radius 3 is 2.62 bits per heavy atom. The first-order valence-corrected chi connectivity index (χ1v) is 3.62. The minimum absolute atomic E-state index is 0.446. The molecule has 0 aromatic carbocycles. The van der Waals surface area contributed by atoms with Gasteiger partial charge in [0.2, 0.25) is 0 Å². The Kier molecular flexibility index (Phi) is 2.32. The van der Waals surface area contributed by atoms with Crippen LogP contribution in [-0.2, 0) is 16.6 Å². The summed E-state index contributed by atoms with van der Waals surface area (Å²) in [7, 11) is 1.66. The zero-order chi connectivity index (χ0) is 10.0. The lowest BCUT2D eigenvalue weighted by atomic mass is 10.4. The maximum Gasteiger partial charge on any atom is 0.314 e. The molecule has 1 aromatic heterocycles. The number of primary amides is 1. The van der Waals surface area contributed by atoms with E-state index >= 15 is 0 Å². The lowest BCUT2D eigenvalue weighted by molar-refractivity contribution is -0.134. The van der Waals surface area contributed by atoms with Crippen LogP contribution >= 0.6 is 0 Å². The summed E-state index contributed by atoms with van der Waals surface area (Å²) in [6.45, 7) is 1.78. The highest BCUT2D eigenvalue weighted by molar-refractivity contribution is 6.39. The largest absolute Gasteiger partial charge is 0.361 e. The maximum absolute atomic E-state index is 10.8. The van der Waals surface area contributed by atoms with Crippen molar-refractivity contribution in [2.75, 3.05) is 5.32 Å². The average molecular weight is 182 g/mol. The number of hydrogen-bond donors (Lipinski definition) is 2.